The van der Waals surface area contributed by atoms with Crippen LogP contribution in [0.1, 0.15) is 0 Å². The van der Waals surface area contributed by atoms with Gasteiger partial charge < -0.3 is 0 Å². The van der Waals surface area contributed by atoms with Crippen LogP contribution in [0.15, 0.2) is 28.7 Å². The Labute approximate surface area is 127 Å². The molecule has 2 aliphatic carbocycles. The maximum Gasteiger partial charge on any atom is 0.0976 e. The lowest BCUT2D eigenvalue weighted by molar-refractivity contribution is 1.33. The normalized spacial score (nSPS) is 22.2. The summed E-state index contributed by atoms with van der Waals surface area (Å²) < 4.78 is 1.14. The average molecular weight is 327 g/mol. The second kappa shape index (κ2) is 5.73. The number of halogens is 1. The quantitative estimate of drug-likeness (QED) is 0.744. The van der Waals surface area contributed by atoms with Crippen LogP contribution < -0.4 is 5.19 Å². The maximum absolute atomic E-state index is 3.53. The van der Waals surface area contributed by atoms with Crippen LogP contribution in [-0.2, 0) is 0 Å². The Hall–Kier alpha value is -0.0831. The van der Waals surface area contributed by atoms with E-state index in [2.05, 4.69) is 98.1 Å². The molecule has 0 heterocycles. The van der Waals surface area contributed by atoms with Crippen molar-refractivity contribution in [2.24, 2.45) is 0 Å². The molecular formula is C17H15BrSi. The van der Waals surface area contributed by atoms with Crippen molar-refractivity contribution in [2.45, 2.75) is 6.55 Å². The SMILES string of the molecule is C[Si]([C]1[CH][CH][CH][CH]1)([C]1[CH][CH][CH][CH]1)c1ccc(Br)cc1. The number of hydrogen-bond acceptors (Lipinski definition) is 0. The Morgan fingerprint density at radius 2 is 1.16 bits per heavy atom. The minimum atomic E-state index is -1.82. The lowest BCUT2D eigenvalue weighted by atomic mass is 10.3. The highest BCUT2D eigenvalue weighted by Crippen LogP contribution is 2.42. The zero-order valence-electron chi connectivity index (χ0n) is 10.8. The van der Waals surface area contributed by atoms with Crippen LogP contribution in [0.4, 0.5) is 0 Å². The summed E-state index contributed by atoms with van der Waals surface area (Å²) in [6.45, 7) is 2.43. The molecule has 10 radical (unpaired) electrons. The van der Waals surface area contributed by atoms with Crippen LogP contribution in [-0.4, -0.2) is 8.07 Å². The Balaban J connectivity index is 1.96. The van der Waals surface area contributed by atoms with Crippen molar-refractivity contribution in [1.82, 2.24) is 0 Å². The van der Waals surface area contributed by atoms with E-state index in [1.165, 1.54) is 16.3 Å². The van der Waals surface area contributed by atoms with Gasteiger partial charge in [-0.1, -0.05) is 39.8 Å². The van der Waals surface area contributed by atoms with E-state index in [4.69, 9.17) is 0 Å². The predicted molar refractivity (Wildman–Crippen MR) is 86.3 cm³/mol. The van der Waals surface area contributed by atoms with Crippen molar-refractivity contribution in [3.8, 4) is 0 Å². The van der Waals surface area contributed by atoms with E-state index in [1.807, 2.05) is 0 Å². The molecule has 0 spiro atoms. The Morgan fingerprint density at radius 3 is 1.58 bits per heavy atom. The Kier molecular flexibility index (Phi) is 4.19. The molecule has 1 aromatic carbocycles. The molecule has 0 aliphatic heterocycles. The summed E-state index contributed by atoms with van der Waals surface area (Å²) in [5.74, 6) is 0. The topological polar surface area (TPSA) is 0 Å². The Bertz CT molecular complexity index is 397. The van der Waals surface area contributed by atoms with E-state index in [0.29, 0.717) is 0 Å². The first-order chi connectivity index (χ1) is 9.21. The number of hydrogen-bond donors (Lipinski definition) is 0. The van der Waals surface area contributed by atoms with Gasteiger partial charge in [-0.25, -0.2) is 0 Å². The summed E-state index contributed by atoms with van der Waals surface area (Å²) in [6.07, 6.45) is 17.6. The lowest BCUT2D eigenvalue weighted by Crippen LogP contribution is -2.55. The standard InChI is InChI=1S/C17H15BrSi/c1-19(15-6-2-3-7-15,16-8-4-5-9-16)17-12-10-14(18)11-13-17/h2-13H,1H3. The molecule has 0 N–H and O–H groups in total. The molecule has 0 amide bonds. The van der Waals surface area contributed by atoms with Crippen molar-refractivity contribution in [3.63, 3.8) is 0 Å². The molecule has 0 aromatic heterocycles. The predicted octanol–water partition coefficient (Wildman–Crippen LogP) is 3.62. The molecule has 94 valence electrons. The summed E-state index contributed by atoms with van der Waals surface area (Å²) >= 11 is 3.53. The number of benzene rings is 1. The van der Waals surface area contributed by atoms with Crippen molar-refractivity contribution in [1.29, 1.82) is 0 Å². The second-order valence-corrected chi connectivity index (χ2v) is 9.88. The minimum absolute atomic E-state index is 1.14. The number of rotatable bonds is 3. The molecule has 3 rings (SSSR count). The first kappa shape index (κ1) is 13.9. The molecule has 2 fully saturated rings. The van der Waals surface area contributed by atoms with Crippen LogP contribution in [0.2, 0.25) is 6.55 Å². The highest BCUT2D eigenvalue weighted by molar-refractivity contribution is 9.10. The molecule has 0 unspecified atom stereocenters. The maximum atomic E-state index is 3.53. The summed E-state index contributed by atoms with van der Waals surface area (Å²) in [7, 11) is -1.82. The van der Waals surface area contributed by atoms with Crippen LogP contribution in [0.5, 0.6) is 0 Å². The third-order valence-electron chi connectivity index (χ3n) is 3.90. The monoisotopic (exact) mass is 326 g/mol. The zero-order chi connectivity index (χ0) is 13.3. The van der Waals surface area contributed by atoms with Crippen LogP contribution >= 0.6 is 15.9 Å². The van der Waals surface area contributed by atoms with Gasteiger partial charge in [0.25, 0.3) is 0 Å². The van der Waals surface area contributed by atoms with Crippen LogP contribution in [0.3, 0.4) is 0 Å². The highest BCUT2D eigenvalue weighted by atomic mass is 79.9. The van der Waals surface area contributed by atoms with Gasteiger partial charge in [0.15, 0.2) is 0 Å². The third-order valence-corrected chi connectivity index (χ3v) is 8.89. The molecule has 0 bridgehead atoms. The molecular weight excluding hydrogens is 312 g/mol. The van der Waals surface area contributed by atoms with Crippen LogP contribution in [0, 0.1) is 62.4 Å². The fourth-order valence-corrected chi connectivity index (χ4v) is 6.51. The van der Waals surface area contributed by atoms with Gasteiger partial charge >= 0.3 is 0 Å². The highest BCUT2D eigenvalue weighted by Gasteiger charge is 2.47. The van der Waals surface area contributed by atoms with Crippen molar-refractivity contribution in [3.05, 3.63) is 91.2 Å². The fourth-order valence-electron chi connectivity index (χ4n) is 2.70. The minimum Gasteiger partial charge on any atom is -0.0644 e. The molecule has 1 aromatic rings. The van der Waals surface area contributed by atoms with Crippen LogP contribution in [0.25, 0.3) is 0 Å². The summed E-state index contributed by atoms with van der Waals surface area (Å²) in [4.78, 5) is 0. The van der Waals surface area contributed by atoms with Gasteiger partial charge in [0.05, 0.1) is 8.07 Å². The summed E-state index contributed by atoms with van der Waals surface area (Å²) in [5.41, 5.74) is 2.95. The van der Waals surface area contributed by atoms with E-state index in [1.54, 1.807) is 0 Å². The molecule has 19 heavy (non-hydrogen) atoms. The molecule has 0 saturated heterocycles. The first-order valence-corrected chi connectivity index (χ1v) is 9.71. The molecule has 0 atom stereocenters. The van der Waals surface area contributed by atoms with E-state index in [-0.39, 0.29) is 0 Å². The van der Waals surface area contributed by atoms with Gasteiger partial charge in [0.1, 0.15) is 0 Å². The fraction of sp³-hybridized carbons (Fsp3) is 0.0588. The van der Waals surface area contributed by atoms with E-state index >= 15 is 0 Å². The Morgan fingerprint density at radius 1 is 0.737 bits per heavy atom. The molecule has 2 aliphatic rings. The average Bonchev–Trinajstić information content (AvgIpc) is 3.12. The second-order valence-electron chi connectivity index (χ2n) is 4.98. The summed E-state index contributed by atoms with van der Waals surface area (Å²) in [6, 6.07) is 8.81. The van der Waals surface area contributed by atoms with Crippen molar-refractivity contribution in [2.75, 3.05) is 0 Å². The lowest BCUT2D eigenvalue weighted by Gasteiger charge is -2.38. The van der Waals surface area contributed by atoms with Gasteiger partial charge in [-0.15, -0.1) is 0 Å². The van der Waals surface area contributed by atoms with Gasteiger partial charge in [-0.05, 0) is 74.6 Å². The van der Waals surface area contributed by atoms with Gasteiger partial charge in [0.2, 0.25) is 0 Å². The smallest absolute Gasteiger partial charge is 0.0644 e. The summed E-state index contributed by atoms with van der Waals surface area (Å²) in [5, 5.41) is 1.45. The van der Waals surface area contributed by atoms with E-state index < -0.39 is 8.07 Å². The third kappa shape index (κ3) is 2.58. The zero-order valence-corrected chi connectivity index (χ0v) is 13.4. The van der Waals surface area contributed by atoms with Gasteiger partial charge in [0, 0.05) is 4.47 Å². The molecule has 2 saturated carbocycles. The van der Waals surface area contributed by atoms with Crippen molar-refractivity contribution >= 4 is 29.2 Å². The first-order valence-electron chi connectivity index (χ1n) is 6.42. The van der Waals surface area contributed by atoms with E-state index in [0.717, 1.165) is 4.47 Å². The molecule has 2 heteroatoms. The largest absolute Gasteiger partial charge is 0.0976 e. The van der Waals surface area contributed by atoms with Gasteiger partial charge in [-0.2, -0.15) is 0 Å². The van der Waals surface area contributed by atoms with Gasteiger partial charge in [-0.3, -0.25) is 0 Å². The molecule has 0 nitrogen and oxygen atoms in total. The van der Waals surface area contributed by atoms with Crippen molar-refractivity contribution < 1.29 is 0 Å². The van der Waals surface area contributed by atoms with E-state index in [9.17, 15) is 0 Å².